The van der Waals surface area contributed by atoms with E-state index in [1.807, 2.05) is 4.90 Å². The lowest BCUT2D eigenvalue weighted by Crippen LogP contribution is -2.30. The molecule has 4 heteroatoms. The van der Waals surface area contributed by atoms with Crippen LogP contribution in [0.1, 0.15) is 35.7 Å². The summed E-state index contributed by atoms with van der Waals surface area (Å²) < 4.78 is 13.6. The molecule has 0 spiro atoms. The number of carbonyl (C=O) groups is 1. The number of halogens is 1. The van der Waals surface area contributed by atoms with Gasteiger partial charge in [0.25, 0.3) is 0 Å². The maximum atomic E-state index is 13.6. The van der Waals surface area contributed by atoms with E-state index < -0.39 is 0 Å². The molecule has 0 radical (unpaired) electrons. The molecule has 1 fully saturated rings. The number of hydrogen-bond acceptors (Lipinski definition) is 3. The number of aliphatic hydroxyl groups excluding tert-OH is 1. The van der Waals surface area contributed by atoms with E-state index in [-0.39, 0.29) is 18.2 Å². The molecule has 0 heterocycles. The van der Waals surface area contributed by atoms with Gasteiger partial charge in [-0.2, -0.15) is 0 Å². The molecule has 0 bridgehead atoms. The van der Waals surface area contributed by atoms with Crippen molar-refractivity contribution in [2.75, 3.05) is 18.1 Å². The summed E-state index contributed by atoms with van der Waals surface area (Å²) in [5, 5.41) is 9.13. The minimum Gasteiger partial charge on any atom is -0.395 e. The summed E-state index contributed by atoms with van der Waals surface area (Å²) in [6.45, 7) is 3.64. The highest BCUT2D eigenvalue weighted by molar-refractivity contribution is 6.00. The van der Waals surface area contributed by atoms with Gasteiger partial charge >= 0.3 is 0 Å². The van der Waals surface area contributed by atoms with E-state index in [1.54, 1.807) is 13.0 Å². The first-order valence-electron chi connectivity index (χ1n) is 6.23. The van der Waals surface area contributed by atoms with E-state index in [0.29, 0.717) is 23.7 Å². The van der Waals surface area contributed by atoms with Crippen LogP contribution in [-0.4, -0.2) is 30.1 Å². The lowest BCUT2D eigenvalue weighted by atomic mass is 10.0. The predicted octanol–water partition coefficient (Wildman–Crippen LogP) is 2.30. The summed E-state index contributed by atoms with van der Waals surface area (Å²) in [5.74, 6) is -0.504. The molecule has 0 amide bonds. The van der Waals surface area contributed by atoms with Crippen LogP contribution in [-0.2, 0) is 0 Å². The predicted molar refractivity (Wildman–Crippen MR) is 68.6 cm³/mol. The first-order valence-corrected chi connectivity index (χ1v) is 6.23. The first kappa shape index (κ1) is 13.0. The third-order valence-corrected chi connectivity index (χ3v) is 3.29. The highest BCUT2D eigenvalue weighted by Crippen LogP contribution is 2.34. The zero-order chi connectivity index (χ0) is 13.3. The summed E-state index contributed by atoms with van der Waals surface area (Å²) in [6.07, 6.45) is 2.13. The maximum absolute atomic E-state index is 13.6. The Labute approximate surface area is 106 Å². The van der Waals surface area contributed by atoms with E-state index in [9.17, 15) is 9.18 Å². The molecule has 0 unspecified atom stereocenters. The van der Waals surface area contributed by atoms with Crippen LogP contribution in [0.15, 0.2) is 12.1 Å². The smallest absolute Gasteiger partial charge is 0.161 e. The SMILES string of the molecule is CC(=O)c1cc(F)c(C)cc1N(CCO)C1CC1. The molecule has 18 heavy (non-hydrogen) atoms. The molecular weight excluding hydrogens is 233 g/mol. The molecule has 0 aliphatic heterocycles. The number of nitrogens with zero attached hydrogens (tertiary/aromatic N) is 1. The molecule has 2 rings (SSSR count). The monoisotopic (exact) mass is 251 g/mol. The van der Waals surface area contributed by atoms with Gasteiger partial charge in [0.2, 0.25) is 0 Å². The number of anilines is 1. The fourth-order valence-corrected chi connectivity index (χ4v) is 2.18. The lowest BCUT2D eigenvalue weighted by molar-refractivity contribution is 0.101. The van der Waals surface area contributed by atoms with Crippen LogP contribution in [0, 0.1) is 12.7 Å². The van der Waals surface area contributed by atoms with Crippen molar-refractivity contribution in [2.45, 2.75) is 32.7 Å². The molecule has 3 nitrogen and oxygen atoms in total. The summed E-state index contributed by atoms with van der Waals surface area (Å²) in [7, 11) is 0. The van der Waals surface area contributed by atoms with Crippen molar-refractivity contribution in [3.05, 3.63) is 29.1 Å². The van der Waals surface area contributed by atoms with Crippen LogP contribution >= 0.6 is 0 Å². The van der Waals surface area contributed by atoms with Crippen LogP contribution in [0.2, 0.25) is 0 Å². The Bertz CT molecular complexity index is 469. The van der Waals surface area contributed by atoms with E-state index in [1.165, 1.54) is 13.0 Å². The molecule has 0 saturated heterocycles. The molecule has 1 aromatic rings. The highest BCUT2D eigenvalue weighted by atomic mass is 19.1. The van der Waals surface area contributed by atoms with Gasteiger partial charge in [-0.05, 0) is 44.4 Å². The summed E-state index contributed by atoms with van der Waals surface area (Å²) >= 11 is 0. The van der Waals surface area contributed by atoms with Crippen molar-refractivity contribution in [2.24, 2.45) is 0 Å². The second kappa shape index (κ2) is 5.06. The first-order chi connectivity index (χ1) is 8.54. The van der Waals surface area contributed by atoms with E-state index in [0.717, 1.165) is 18.5 Å². The molecule has 1 saturated carbocycles. The van der Waals surface area contributed by atoms with Crippen LogP contribution in [0.5, 0.6) is 0 Å². The third kappa shape index (κ3) is 2.53. The highest BCUT2D eigenvalue weighted by Gasteiger charge is 2.31. The number of ketones is 1. The average Bonchev–Trinajstić information content (AvgIpc) is 3.13. The Morgan fingerprint density at radius 2 is 2.17 bits per heavy atom. The van der Waals surface area contributed by atoms with Gasteiger partial charge in [0.1, 0.15) is 5.82 Å². The Morgan fingerprint density at radius 1 is 1.50 bits per heavy atom. The number of hydrogen-bond donors (Lipinski definition) is 1. The minimum atomic E-state index is -0.358. The van der Waals surface area contributed by atoms with Gasteiger partial charge in [-0.1, -0.05) is 0 Å². The summed E-state index contributed by atoms with van der Waals surface area (Å²) in [5.41, 5.74) is 1.68. The fraction of sp³-hybridized carbons (Fsp3) is 0.500. The van der Waals surface area contributed by atoms with Gasteiger partial charge in [0.05, 0.1) is 6.61 Å². The van der Waals surface area contributed by atoms with Crippen LogP contribution in [0.3, 0.4) is 0 Å². The minimum absolute atomic E-state index is 0.0320. The van der Waals surface area contributed by atoms with Crippen molar-refractivity contribution in [1.29, 1.82) is 0 Å². The maximum Gasteiger partial charge on any atom is 0.161 e. The van der Waals surface area contributed by atoms with Gasteiger partial charge in [-0.15, -0.1) is 0 Å². The third-order valence-electron chi connectivity index (χ3n) is 3.29. The molecule has 1 aliphatic rings. The van der Waals surface area contributed by atoms with Crippen LogP contribution in [0.4, 0.5) is 10.1 Å². The van der Waals surface area contributed by atoms with E-state index in [4.69, 9.17) is 5.11 Å². The van der Waals surface area contributed by atoms with Crippen LogP contribution in [0.25, 0.3) is 0 Å². The van der Waals surface area contributed by atoms with Gasteiger partial charge < -0.3 is 10.0 Å². The largest absolute Gasteiger partial charge is 0.395 e. The van der Waals surface area contributed by atoms with Gasteiger partial charge in [-0.25, -0.2) is 4.39 Å². The zero-order valence-corrected chi connectivity index (χ0v) is 10.7. The topological polar surface area (TPSA) is 40.5 Å². The number of Topliss-reactive ketones (excluding diaryl/α,β-unsaturated/α-hetero) is 1. The second-order valence-electron chi connectivity index (χ2n) is 4.82. The van der Waals surface area contributed by atoms with Crippen molar-refractivity contribution < 1.29 is 14.3 Å². The molecule has 98 valence electrons. The standard InChI is InChI=1S/C14H18FNO2/c1-9-7-14(12(10(2)18)8-13(9)15)16(5-6-17)11-3-4-11/h7-8,11,17H,3-6H2,1-2H3. The Balaban J connectivity index is 2.45. The molecule has 1 aromatic carbocycles. The number of aryl methyl sites for hydroxylation is 1. The second-order valence-corrected chi connectivity index (χ2v) is 4.82. The Morgan fingerprint density at radius 3 is 2.67 bits per heavy atom. The lowest BCUT2D eigenvalue weighted by Gasteiger charge is -2.26. The van der Waals surface area contributed by atoms with E-state index in [2.05, 4.69) is 0 Å². The molecular formula is C14H18FNO2. The molecule has 0 atom stereocenters. The number of carbonyl (C=O) groups excluding carboxylic acids is 1. The summed E-state index contributed by atoms with van der Waals surface area (Å²) in [6, 6.07) is 3.39. The molecule has 0 aromatic heterocycles. The van der Waals surface area contributed by atoms with Crippen molar-refractivity contribution in [3.63, 3.8) is 0 Å². The van der Waals surface area contributed by atoms with Crippen molar-refractivity contribution in [3.8, 4) is 0 Å². The number of benzene rings is 1. The fourth-order valence-electron chi connectivity index (χ4n) is 2.18. The van der Waals surface area contributed by atoms with E-state index >= 15 is 0 Å². The average molecular weight is 251 g/mol. The Hall–Kier alpha value is -1.42. The van der Waals surface area contributed by atoms with Gasteiger partial charge in [-0.3, -0.25) is 4.79 Å². The zero-order valence-electron chi connectivity index (χ0n) is 10.7. The molecule has 1 N–H and O–H groups in total. The quantitative estimate of drug-likeness (QED) is 0.816. The van der Waals surface area contributed by atoms with Crippen LogP contribution < -0.4 is 4.90 Å². The Kier molecular flexibility index (Phi) is 3.66. The molecule has 1 aliphatic carbocycles. The number of rotatable bonds is 5. The summed E-state index contributed by atoms with van der Waals surface area (Å²) in [4.78, 5) is 13.6. The van der Waals surface area contributed by atoms with Gasteiger partial charge in [0.15, 0.2) is 5.78 Å². The van der Waals surface area contributed by atoms with Crippen molar-refractivity contribution >= 4 is 11.5 Å². The normalized spacial score (nSPS) is 14.7. The van der Waals surface area contributed by atoms with Gasteiger partial charge in [0, 0.05) is 23.8 Å². The van der Waals surface area contributed by atoms with Crippen molar-refractivity contribution in [1.82, 2.24) is 0 Å². The number of aliphatic hydroxyl groups is 1.